The molecule has 2 amide bonds. The number of benzene rings is 1. The fraction of sp³-hybridized carbons (Fsp3) is 0.227. The molecular weight excluding hydrogens is 357 g/mol. The minimum Gasteiger partial charge on any atom is -0.335 e. The van der Waals surface area contributed by atoms with E-state index in [2.05, 4.69) is 10.3 Å². The second-order valence-electron chi connectivity index (χ2n) is 6.93. The predicted octanol–water partition coefficient (Wildman–Crippen LogP) is 3.43. The maximum absolute atomic E-state index is 13.1. The van der Waals surface area contributed by atoms with E-state index in [1.807, 2.05) is 12.1 Å². The number of aryl methyl sites for hydroxylation is 1. The maximum Gasteiger partial charge on any atom is 0.246 e. The van der Waals surface area contributed by atoms with Gasteiger partial charge in [0.2, 0.25) is 11.8 Å². The van der Waals surface area contributed by atoms with E-state index in [1.165, 1.54) is 12.1 Å². The molecule has 28 heavy (non-hydrogen) atoms. The van der Waals surface area contributed by atoms with Crippen molar-refractivity contribution in [1.82, 2.24) is 9.88 Å². The predicted molar refractivity (Wildman–Crippen MR) is 106 cm³/mol. The van der Waals surface area contributed by atoms with E-state index in [1.54, 1.807) is 35.4 Å². The number of halogens is 1. The van der Waals surface area contributed by atoms with Crippen molar-refractivity contribution in [2.24, 2.45) is 0 Å². The minimum absolute atomic E-state index is 0.0170. The highest BCUT2D eigenvalue weighted by Gasteiger charge is 2.17. The van der Waals surface area contributed by atoms with Gasteiger partial charge < -0.3 is 10.2 Å². The molecule has 0 atom stereocenters. The molecule has 2 aliphatic rings. The Morgan fingerprint density at radius 3 is 2.75 bits per heavy atom. The van der Waals surface area contributed by atoms with Crippen LogP contribution in [0.3, 0.4) is 0 Å². The SMILES string of the molecule is O=C1CCc2cc(/C=C/C(=O)N3CC=C(c4ccc(F)cc4)CC3)cnc2N1. The van der Waals surface area contributed by atoms with Crippen molar-refractivity contribution in [1.29, 1.82) is 0 Å². The van der Waals surface area contributed by atoms with Crippen molar-refractivity contribution in [3.63, 3.8) is 0 Å². The Labute approximate surface area is 162 Å². The van der Waals surface area contributed by atoms with Crippen LogP contribution >= 0.6 is 0 Å². The van der Waals surface area contributed by atoms with Crippen molar-refractivity contribution < 1.29 is 14.0 Å². The van der Waals surface area contributed by atoms with Gasteiger partial charge in [0.25, 0.3) is 0 Å². The molecule has 0 saturated carbocycles. The van der Waals surface area contributed by atoms with Gasteiger partial charge in [-0.25, -0.2) is 9.37 Å². The molecule has 0 saturated heterocycles. The molecule has 142 valence electrons. The van der Waals surface area contributed by atoms with Gasteiger partial charge in [0.15, 0.2) is 0 Å². The zero-order valence-electron chi connectivity index (χ0n) is 15.3. The summed E-state index contributed by atoms with van der Waals surface area (Å²) in [5, 5.41) is 2.75. The van der Waals surface area contributed by atoms with Gasteiger partial charge >= 0.3 is 0 Å². The Kier molecular flexibility index (Phi) is 5.02. The number of carbonyl (C=O) groups is 2. The lowest BCUT2D eigenvalue weighted by Gasteiger charge is -2.25. The summed E-state index contributed by atoms with van der Waals surface area (Å²) in [6.07, 6.45) is 8.84. The number of carbonyl (C=O) groups excluding carboxylic acids is 2. The molecule has 4 rings (SSSR count). The van der Waals surface area contributed by atoms with Crippen LogP contribution in [0.15, 0.2) is 48.7 Å². The Morgan fingerprint density at radius 1 is 1.18 bits per heavy atom. The first kappa shape index (κ1) is 18.1. The first-order chi connectivity index (χ1) is 13.6. The Hall–Kier alpha value is -3.28. The third-order valence-corrected chi connectivity index (χ3v) is 5.02. The standard InChI is InChI=1S/C22H20FN3O2/c23-19-5-2-16(3-6-19)17-9-11-26(12-10-17)21(28)8-1-15-13-18-4-7-20(27)25-22(18)24-14-15/h1-3,5-6,8-9,13-14H,4,7,10-12H2,(H,24,25,27)/b8-1+. The van der Waals surface area contributed by atoms with Gasteiger partial charge in [-0.05, 0) is 59.4 Å². The van der Waals surface area contributed by atoms with Crippen molar-refractivity contribution in [2.75, 3.05) is 18.4 Å². The largest absolute Gasteiger partial charge is 0.335 e. The zero-order valence-corrected chi connectivity index (χ0v) is 15.3. The van der Waals surface area contributed by atoms with E-state index in [0.717, 1.165) is 28.7 Å². The quantitative estimate of drug-likeness (QED) is 0.834. The topological polar surface area (TPSA) is 62.3 Å². The third-order valence-electron chi connectivity index (χ3n) is 5.02. The van der Waals surface area contributed by atoms with Crippen molar-refractivity contribution >= 4 is 29.3 Å². The van der Waals surface area contributed by atoms with Crippen molar-refractivity contribution in [2.45, 2.75) is 19.3 Å². The summed E-state index contributed by atoms with van der Waals surface area (Å²) in [5.41, 5.74) is 3.95. The van der Waals surface area contributed by atoms with Gasteiger partial charge in [0.05, 0.1) is 0 Å². The smallest absolute Gasteiger partial charge is 0.246 e. The molecule has 3 heterocycles. The first-order valence-corrected chi connectivity index (χ1v) is 9.29. The van der Waals surface area contributed by atoms with E-state index < -0.39 is 0 Å². The second-order valence-corrected chi connectivity index (χ2v) is 6.93. The van der Waals surface area contributed by atoms with Crippen LogP contribution in [-0.4, -0.2) is 34.8 Å². The number of nitrogens with one attached hydrogen (secondary N) is 1. The van der Waals surface area contributed by atoms with Crippen LogP contribution in [0.2, 0.25) is 0 Å². The number of hydrogen-bond donors (Lipinski definition) is 1. The van der Waals surface area contributed by atoms with E-state index in [4.69, 9.17) is 0 Å². The van der Waals surface area contributed by atoms with Crippen molar-refractivity contribution in [3.8, 4) is 0 Å². The van der Waals surface area contributed by atoms with E-state index in [9.17, 15) is 14.0 Å². The molecule has 1 N–H and O–H groups in total. The van der Waals surface area contributed by atoms with Crippen LogP contribution in [0, 0.1) is 5.82 Å². The molecule has 6 heteroatoms. The lowest BCUT2D eigenvalue weighted by molar-refractivity contribution is -0.125. The third kappa shape index (κ3) is 4.01. The molecule has 0 spiro atoms. The van der Waals surface area contributed by atoms with Crippen LogP contribution in [0.25, 0.3) is 11.6 Å². The summed E-state index contributed by atoms with van der Waals surface area (Å²) < 4.78 is 13.1. The molecule has 0 radical (unpaired) electrons. The van der Waals surface area contributed by atoms with Crippen LogP contribution in [0.1, 0.15) is 29.5 Å². The Balaban J connectivity index is 1.39. The van der Waals surface area contributed by atoms with Gasteiger partial charge in [-0.1, -0.05) is 18.2 Å². The molecule has 0 aliphatic carbocycles. The van der Waals surface area contributed by atoms with E-state index >= 15 is 0 Å². The molecule has 1 aromatic carbocycles. The zero-order chi connectivity index (χ0) is 19.5. The highest BCUT2D eigenvalue weighted by atomic mass is 19.1. The number of rotatable bonds is 3. The second kappa shape index (κ2) is 7.76. The normalized spacial score (nSPS) is 16.5. The Morgan fingerprint density at radius 2 is 2.00 bits per heavy atom. The number of pyridine rings is 1. The molecule has 0 bridgehead atoms. The number of amides is 2. The van der Waals surface area contributed by atoms with Crippen LogP contribution in [0.4, 0.5) is 10.2 Å². The monoisotopic (exact) mass is 377 g/mol. The minimum atomic E-state index is -0.249. The molecule has 2 aromatic rings. The molecule has 2 aliphatic heterocycles. The van der Waals surface area contributed by atoms with Crippen LogP contribution < -0.4 is 5.32 Å². The number of aromatic nitrogens is 1. The summed E-state index contributed by atoms with van der Waals surface area (Å²) in [7, 11) is 0. The summed E-state index contributed by atoms with van der Waals surface area (Å²) in [4.78, 5) is 29.9. The number of nitrogens with zero attached hydrogens (tertiary/aromatic N) is 2. The van der Waals surface area contributed by atoms with Crippen molar-refractivity contribution in [3.05, 3.63) is 71.2 Å². The highest BCUT2D eigenvalue weighted by Crippen LogP contribution is 2.23. The fourth-order valence-electron chi connectivity index (χ4n) is 3.43. The lowest BCUT2D eigenvalue weighted by atomic mass is 9.99. The van der Waals surface area contributed by atoms with Gasteiger partial charge in [0.1, 0.15) is 11.6 Å². The van der Waals surface area contributed by atoms with Crippen LogP contribution in [0.5, 0.6) is 0 Å². The van der Waals surface area contributed by atoms with E-state index in [0.29, 0.717) is 31.7 Å². The first-order valence-electron chi connectivity index (χ1n) is 9.29. The average molecular weight is 377 g/mol. The van der Waals surface area contributed by atoms with Gasteiger partial charge in [-0.15, -0.1) is 0 Å². The molecule has 0 unspecified atom stereocenters. The average Bonchev–Trinajstić information content (AvgIpc) is 2.72. The van der Waals surface area contributed by atoms with E-state index in [-0.39, 0.29) is 17.6 Å². The number of fused-ring (bicyclic) bond motifs is 1. The molecule has 5 nitrogen and oxygen atoms in total. The molecular formula is C22H20FN3O2. The Bertz CT molecular complexity index is 980. The summed E-state index contributed by atoms with van der Waals surface area (Å²) in [6, 6.07) is 8.39. The number of anilines is 1. The fourth-order valence-corrected chi connectivity index (χ4v) is 3.43. The molecule has 0 fully saturated rings. The van der Waals surface area contributed by atoms with Gasteiger partial charge in [-0.3, -0.25) is 9.59 Å². The maximum atomic E-state index is 13.1. The summed E-state index contributed by atoms with van der Waals surface area (Å²) in [5.74, 6) is 0.285. The van der Waals surface area contributed by atoms with Gasteiger partial charge in [-0.2, -0.15) is 0 Å². The highest BCUT2D eigenvalue weighted by molar-refractivity contribution is 5.94. The summed E-state index contributed by atoms with van der Waals surface area (Å²) >= 11 is 0. The van der Waals surface area contributed by atoms with Crippen LogP contribution in [-0.2, 0) is 16.0 Å². The summed E-state index contributed by atoms with van der Waals surface area (Å²) in [6.45, 7) is 1.16. The lowest BCUT2D eigenvalue weighted by Crippen LogP contribution is -2.33. The number of hydrogen-bond acceptors (Lipinski definition) is 3. The van der Waals surface area contributed by atoms with Gasteiger partial charge in [0, 0.05) is 31.8 Å². The molecule has 1 aromatic heterocycles.